The number of carbonyl (C=O) groups excluding carboxylic acids is 1. The van der Waals surface area contributed by atoms with E-state index < -0.39 is 41.7 Å². The first-order valence-corrected chi connectivity index (χ1v) is 8.14. The topological polar surface area (TPSA) is 56.2 Å². The molecule has 3 rings (SSSR count). The number of nitrogens with one attached hydrogen (secondary N) is 1. The maximum absolute atomic E-state index is 13.6. The molecular formula is C19H15F4N3O2. The number of amides is 1. The van der Waals surface area contributed by atoms with Crippen LogP contribution in [0.25, 0.3) is 0 Å². The van der Waals surface area contributed by atoms with Gasteiger partial charge in [-0.2, -0.15) is 13.9 Å². The van der Waals surface area contributed by atoms with Crippen molar-refractivity contribution >= 4 is 11.6 Å². The lowest BCUT2D eigenvalue weighted by Crippen LogP contribution is -2.15. The number of halogens is 4. The van der Waals surface area contributed by atoms with E-state index in [0.29, 0.717) is 5.69 Å². The Kier molecular flexibility index (Phi) is 5.34. The first kappa shape index (κ1) is 19.4. The largest absolute Gasteiger partial charge is 0.465 e. The van der Waals surface area contributed by atoms with Gasteiger partial charge in [-0.25, -0.2) is 13.5 Å². The summed E-state index contributed by atoms with van der Waals surface area (Å²) in [5, 5.41) is 6.64. The third kappa shape index (κ3) is 3.98. The molecule has 0 saturated heterocycles. The maximum atomic E-state index is 13.6. The van der Waals surface area contributed by atoms with E-state index in [-0.39, 0.29) is 11.8 Å². The summed E-state index contributed by atoms with van der Waals surface area (Å²) in [6, 6.07) is 7.02. The molecule has 0 atom stereocenters. The van der Waals surface area contributed by atoms with Crippen molar-refractivity contribution < 1.29 is 27.1 Å². The molecule has 1 amide bonds. The minimum Gasteiger partial charge on any atom is -0.465 e. The molecule has 0 radical (unpaired) electrons. The van der Waals surface area contributed by atoms with Crippen LogP contribution >= 0.6 is 0 Å². The van der Waals surface area contributed by atoms with Gasteiger partial charge in [0.25, 0.3) is 5.91 Å². The highest BCUT2D eigenvalue weighted by Crippen LogP contribution is 2.26. The zero-order valence-corrected chi connectivity index (χ0v) is 14.9. The molecule has 1 heterocycles. The van der Waals surface area contributed by atoms with Crippen LogP contribution in [-0.2, 0) is 6.73 Å². The third-order valence-electron chi connectivity index (χ3n) is 3.93. The second kappa shape index (κ2) is 7.71. The van der Waals surface area contributed by atoms with Crippen molar-refractivity contribution in [2.24, 2.45) is 0 Å². The number of rotatable bonds is 5. The molecular weight excluding hydrogens is 378 g/mol. The number of nitrogens with zero attached hydrogens (tertiary/aromatic N) is 2. The van der Waals surface area contributed by atoms with Crippen LogP contribution in [0.1, 0.15) is 21.6 Å². The first-order valence-electron chi connectivity index (χ1n) is 8.14. The quantitative estimate of drug-likeness (QED) is 0.518. The van der Waals surface area contributed by atoms with E-state index in [2.05, 4.69) is 10.4 Å². The molecule has 0 spiro atoms. The summed E-state index contributed by atoms with van der Waals surface area (Å²) in [5.41, 5.74) is 2.47. The monoisotopic (exact) mass is 393 g/mol. The van der Waals surface area contributed by atoms with E-state index in [1.165, 1.54) is 12.3 Å². The number of benzene rings is 2. The maximum Gasteiger partial charge on any atom is 0.276 e. The Balaban J connectivity index is 1.71. The van der Waals surface area contributed by atoms with Crippen molar-refractivity contribution in [2.75, 3.05) is 5.32 Å². The van der Waals surface area contributed by atoms with Crippen LogP contribution in [0.3, 0.4) is 0 Å². The summed E-state index contributed by atoms with van der Waals surface area (Å²) in [7, 11) is 0. The minimum atomic E-state index is -1.65. The summed E-state index contributed by atoms with van der Waals surface area (Å²) in [6.45, 7) is 3.16. The van der Waals surface area contributed by atoms with E-state index in [1.54, 1.807) is 6.07 Å². The van der Waals surface area contributed by atoms with Gasteiger partial charge in [-0.1, -0.05) is 12.1 Å². The van der Waals surface area contributed by atoms with Crippen molar-refractivity contribution in [3.63, 3.8) is 0 Å². The molecule has 0 aliphatic rings. The number of carbonyl (C=O) groups is 1. The van der Waals surface area contributed by atoms with Crippen molar-refractivity contribution in [2.45, 2.75) is 20.6 Å². The Morgan fingerprint density at radius 2 is 1.75 bits per heavy atom. The number of hydrogen-bond donors (Lipinski definition) is 1. The molecule has 0 saturated carbocycles. The van der Waals surface area contributed by atoms with Gasteiger partial charge in [0, 0.05) is 18.0 Å². The highest BCUT2D eigenvalue weighted by molar-refractivity contribution is 6.03. The fourth-order valence-electron chi connectivity index (χ4n) is 2.42. The molecule has 1 N–H and O–H groups in total. The fraction of sp³-hybridized carbons (Fsp3) is 0.158. The normalized spacial score (nSPS) is 10.8. The Morgan fingerprint density at radius 3 is 2.43 bits per heavy atom. The van der Waals surface area contributed by atoms with Crippen LogP contribution in [-0.4, -0.2) is 15.7 Å². The molecule has 1 aromatic heterocycles. The molecule has 3 aromatic rings. The molecule has 0 aliphatic carbocycles. The van der Waals surface area contributed by atoms with Crippen LogP contribution in [0.2, 0.25) is 0 Å². The van der Waals surface area contributed by atoms with Gasteiger partial charge in [-0.3, -0.25) is 4.79 Å². The van der Waals surface area contributed by atoms with E-state index in [4.69, 9.17) is 4.74 Å². The number of ether oxygens (including phenoxy) is 1. The highest BCUT2D eigenvalue weighted by atomic mass is 19.2. The van der Waals surface area contributed by atoms with Crippen LogP contribution < -0.4 is 10.1 Å². The second-order valence-electron chi connectivity index (χ2n) is 6.08. The van der Waals surface area contributed by atoms with E-state index in [9.17, 15) is 22.4 Å². The molecule has 0 bridgehead atoms. The Bertz CT molecular complexity index is 1020. The zero-order valence-electron chi connectivity index (χ0n) is 14.9. The SMILES string of the molecule is Cc1ccc(C)c(NC(=O)c2ccn(COc3c(F)c(F)cc(F)c3F)n2)c1. The van der Waals surface area contributed by atoms with Crippen molar-refractivity contribution in [3.05, 3.63) is 76.6 Å². The molecule has 2 aromatic carbocycles. The molecule has 146 valence electrons. The summed E-state index contributed by atoms with van der Waals surface area (Å²) in [4.78, 5) is 12.3. The number of anilines is 1. The molecule has 0 fully saturated rings. The highest BCUT2D eigenvalue weighted by Gasteiger charge is 2.21. The first-order chi connectivity index (χ1) is 13.3. The summed E-state index contributed by atoms with van der Waals surface area (Å²) >= 11 is 0. The van der Waals surface area contributed by atoms with Gasteiger partial charge >= 0.3 is 0 Å². The van der Waals surface area contributed by atoms with Gasteiger partial charge in [0.05, 0.1) is 0 Å². The number of aryl methyl sites for hydroxylation is 2. The van der Waals surface area contributed by atoms with Crippen molar-refractivity contribution in [1.82, 2.24) is 9.78 Å². The predicted molar refractivity (Wildman–Crippen MR) is 93.0 cm³/mol. The Morgan fingerprint density at radius 1 is 1.07 bits per heavy atom. The van der Waals surface area contributed by atoms with Gasteiger partial charge in [0.2, 0.25) is 11.6 Å². The molecule has 9 heteroatoms. The van der Waals surface area contributed by atoms with E-state index in [0.717, 1.165) is 15.8 Å². The minimum absolute atomic E-state index is 0.0240. The smallest absolute Gasteiger partial charge is 0.276 e. The average Bonchev–Trinajstić information content (AvgIpc) is 3.12. The lowest BCUT2D eigenvalue weighted by atomic mass is 10.1. The molecule has 5 nitrogen and oxygen atoms in total. The lowest BCUT2D eigenvalue weighted by Gasteiger charge is -2.09. The van der Waals surface area contributed by atoms with Crippen molar-refractivity contribution in [1.29, 1.82) is 0 Å². The van der Waals surface area contributed by atoms with Crippen molar-refractivity contribution in [3.8, 4) is 5.75 Å². The van der Waals surface area contributed by atoms with Gasteiger partial charge in [0.15, 0.2) is 29.8 Å². The third-order valence-corrected chi connectivity index (χ3v) is 3.93. The molecule has 0 aliphatic heterocycles. The standard InChI is InChI=1S/C19H15F4N3O2/c1-10-3-4-11(2)15(7-10)24-19(27)14-5-6-26(25-14)9-28-18-16(22)12(20)8-13(21)17(18)23/h3-8H,9H2,1-2H3,(H,24,27). The van der Waals surface area contributed by atoms with E-state index >= 15 is 0 Å². The summed E-state index contributed by atoms with van der Waals surface area (Å²) < 4.78 is 59.4. The fourth-order valence-corrected chi connectivity index (χ4v) is 2.42. The van der Waals surface area contributed by atoms with Gasteiger partial charge in [-0.15, -0.1) is 0 Å². The summed E-state index contributed by atoms with van der Waals surface area (Å²) in [6.07, 6.45) is 1.32. The average molecular weight is 393 g/mol. The number of aromatic nitrogens is 2. The lowest BCUT2D eigenvalue weighted by molar-refractivity contribution is 0.102. The summed E-state index contributed by atoms with van der Waals surface area (Å²) in [5.74, 6) is -8.17. The second-order valence-corrected chi connectivity index (χ2v) is 6.08. The van der Waals surface area contributed by atoms with Crippen LogP contribution in [0.5, 0.6) is 5.75 Å². The van der Waals surface area contributed by atoms with Gasteiger partial charge < -0.3 is 10.1 Å². The number of hydrogen-bond acceptors (Lipinski definition) is 3. The van der Waals surface area contributed by atoms with Gasteiger partial charge in [-0.05, 0) is 37.1 Å². The van der Waals surface area contributed by atoms with Crippen LogP contribution in [0.4, 0.5) is 23.2 Å². The van der Waals surface area contributed by atoms with Crippen LogP contribution in [0.15, 0.2) is 36.5 Å². The Labute approximate surface area is 157 Å². The molecule has 0 unspecified atom stereocenters. The van der Waals surface area contributed by atoms with E-state index in [1.807, 2.05) is 26.0 Å². The molecule has 28 heavy (non-hydrogen) atoms. The Hall–Kier alpha value is -3.36. The van der Waals surface area contributed by atoms with Gasteiger partial charge in [0.1, 0.15) is 0 Å². The van der Waals surface area contributed by atoms with Crippen LogP contribution in [0, 0.1) is 37.1 Å². The zero-order chi connectivity index (χ0) is 20.4. The predicted octanol–water partition coefficient (Wildman–Crippen LogP) is 4.35.